The van der Waals surface area contributed by atoms with Gasteiger partial charge in [0.1, 0.15) is 11.6 Å². The molecule has 102 valence electrons. The van der Waals surface area contributed by atoms with Crippen LogP contribution in [0.4, 0.5) is 10.1 Å². The summed E-state index contributed by atoms with van der Waals surface area (Å²) in [5.74, 6) is -0.495. The lowest BCUT2D eigenvalue weighted by atomic mass is 10.2. The predicted molar refractivity (Wildman–Crippen MR) is 79.7 cm³/mol. The van der Waals surface area contributed by atoms with E-state index < -0.39 is 5.82 Å². The number of rotatable bonds is 3. The molecule has 0 amide bonds. The van der Waals surface area contributed by atoms with E-state index >= 15 is 0 Å². The first kappa shape index (κ1) is 12.9. The third kappa shape index (κ3) is 2.72. The topological polar surface area (TPSA) is 45.2 Å². The van der Waals surface area contributed by atoms with Crippen LogP contribution in [0.5, 0.6) is 5.75 Å². The first-order valence-electron chi connectivity index (χ1n) is 6.20. The average molecular weight is 288 g/mol. The smallest absolute Gasteiger partial charge is 0.127 e. The molecule has 0 spiro atoms. The van der Waals surface area contributed by atoms with Gasteiger partial charge in [0.15, 0.2) is 0 Å². The Balaban J connectivity index is 1.79. The normalized spacial score (nSPS) is 10.9. The molecule has 20 heavy (non-hydrogen) atoms. The summed E-state index contributed by atoms with van der Waals surface area (Å²) < 4.78 is 14.3. The highest BCUT2D eigenvalue weighted by atomic mass is 32.1. The fraction of sp³-hybridized carbons (Fsp3) is 0.133. The second-order valence-corrected chi connectivity index (χ2v) is 5.82. The molecule has 1 heterocycles. The van der Waals surface area contributed by atoms with Crippen molar-refractivity contribution < 1.29 is 9.50 Å². The zero-order valence-electron chi connectivity index (χ0n) is 10.9. The number of hydrogen-bond acceptors (Lipinski definition) is 4. The molecule has 0 saturated heterocycles. The van der Waals surface area contributed by atoms with Crippen molar-refractivity contribution in [3.63, 3.8) is 0 Å². The van der Waals surface area contributed by atoms with Gasteiger partial charge in [-0.2, -0.15) is 0 Å². The van der Waals surface area contributed by atoms with Crippen LogP contribution < -0.4 is 5.32 Å². The molecule has 0 aliphatic heterocycles. The zero-order valence-corrected chi connectivity index (χ0v) is 11.7. The number of aromatic nitrogens is 1. The summed E-state index contributed by atoms with van der Waals surface area (Å²) in [4.78, 5) is 4.40. The van der Waals surface area contributed by atoms with Gasteiger partial charge in [-0.05, 0) is 42.8 Å². The number of benzene rings is 2. The third-order valence-corrected chi connectivity index (χ3v) is 3.87. The molecule has 1 aromatic heterocycles. The van der Waals surface area contributed by atoms with Gasteiger partial charge in [-0.3, -0.25) is 0 Å². The number of nitrogens with zero attached hydrogens (tertiary/aromatic N) is 1. The van der Waals surface area contributed by atoms with Crippen LogP contribution in [0.15, 0.2) is 36.4 Å². The zero-order chi connectivity index (χ0) is 14.1. The number of phenolic OH excluding ortho intramolecular Hbond substituents is 1. The molecule has 0 unspecified atom stereocenters. The van der Waals surface area contributed by atoms with Crippen LogP contribution in [0.3, 0.4) is 0 Å². The molecule has 3 aromatic rings. The first-order chi connectivity index (χ1) is 9.60. The maximum atomic E-state index is 13.2. The van der Waals surface area contributed by atoms with Gasteiger partial charge < -0.3 is 10.4 Å². The van der Waals surface area contributed by atoms with Crippen LogP contribution in [0.1, 0.15) is 10.6 Å². The highest BCUT2D eigenvalue weighted by Crippen LogP contribution is 2.25. The van der Waals surface area contributed by atoms with Crippen LogP contribution in [-0.4, -0.2) is 10.1 Å². The number of phenols is 1. The number of fused-ring (bicyclic) bond motifs is 1. The molecule has 0 fully saturated rings. The minimum atomic E-state index is -0.435. The largest absolute Gasteiger partial charge is 0.508 e. The van der Waals surface area contributed by atoms with Gasteiger partial charge in [-0.15, -0.1) is 11.3 Å². The van der Waals surface area contributed by atoms with Gasteiger partial charge in [0.05, 0.1) is 15.2 Å². The van der Waals surface area contributed by atoms with Gasteiger partial charge >= 0.3 is 0 Å². The van der Waals surface area contributed by atoms with Crippen molar-refractivity contribution in [1.29, 1.82) is 0 Å². The Hall–Kier alpha value is -2.14. The van der Waals surface area contributed by atoms with Gasteiger partial charge in [-0.25, -0.2) is 9.37 Å². The first-order valence-corrected chi connectivity index (χ1v) is 7.01. The van der Waals surface area contributed by atoms with E-state index in [9.17, 15) is 9.50 Å². The SMILES string of the molecule is Cc1nc2ccc(NCc3cc(O)cc(F)c3)cc2s1. The monoisotopic (exact) mass is 288 g/mol. The number of nitrogens with one attached hydrogen (secondary N) is 1. The standard InChI is InChI=1S/C15H13FN2OS/c1-9-18-14-3-2-12(7-15(14)20-9)17-8-10-4-11(16)6-13(19)5-10/h2-7,17,19H,8H2,1H3. The number of hydrogen-bond donors (Lipinski definition) is 2. The van der Waals surface area contributed by atoms with Crippen molar-refractivity contribution in [3.8, 4) is 5.75 Å². The van der Waals surface area contributed by atoms with Crippen LogP contribution in [0.25, 0.3) is 10.2 Å². The van der Waals surface area contributed by atoms with E-state index in [4.69, 9.17) is 0 Å². The molecule has 3 nitrogen and oxygen atoms in total. The molecular weight excluding hydrogens is 275 g/mol. The fourth-order valence-electron chi connectivity index (χ4n) is 2.09. The second-order valence-electron chi connectivity index (χ2n) is 4.59. The molecule has 0 saturated carbocycles. The van der Waals surface area contributed by atoms with Crippen molar-refractivity contribution in [1.82, 2.24) is 4.98 Å². The molecule has 2 N–H and O–H groups in total. The molecule has 0 atom stereocenters. The number of thiazole rings is 1. The van der Waals surface area contributed by atoms with Gasteiger partial charge in [0, 0.05) is 18.3 Å². The maximum Gasteiger partial charge on any atom is 0.127 e. The minimum absolute atomic E-state index is 0.0599. The maximum absolute atomic E-state index is 13.2. The van der Waals surface area contributed by atoms with E-state index in [0.717, 1.165) is 27.0 Å². The Morgan fingerprint density at radius 2 is 2.10 bits per heavy atom. The van der Waals surface area contributed by atoms with Crippen LogP contribution in [-0.2, 0) is 6.54 Å². The lowest BCUT2D eigenvalue weighted by Gasteiger charge is -2.07. The van der Waals surface area contributed by atoms with Crippen molar-refractivity contribution in [2.24, 2.45) is 0 Å². The van der Waals surface area contributed by atoms with Gasteiger partial charge in [0.25, 0.3) is 0 Å². The summed E-state index contributed by atoms with van der Waals surface area (Å²) in [7, 11) is 0. The molecular formula is C15H13FN2OS. The van der Waals surface area contributed by atoms with Crippen LogP contribution in [0.2, 0.25) is 0 Å². The van der Waals surface area contributed by atoms with Crippen molar-refractivity contribution in [2.45, 2.75) is 13.5 Å². The molecule has 5 heteroatoms. The Morgan fingerprint density at radius 3 is 2.90 bits per heavy atom. The van der Waals surface area contributed by atoms with Gasteiger partial charge in [0.2, 0.25) is 0 Å². The lowest BCUT2D eigenvalue weighted by molar-refractivity contribution is 0.468. The Labute approximate surface area is 119 Å². The Bertz CT molecular complexity index is 749. The highest BCUT2D eigenvalue weighted by molar-refractivity contribution is 7.18. The summed E-state index contributed by atoms with van der Waals surface area (Å²) in [5.41, 5.74) is 2.63. The van der Waals surface area contributed by atoms with E-state index in [-0.39, 0.29) is 5.75 Å². The fourth-order valence-corrected chi connectivity index (χ4v) is 2.96. The average Bonchev–Trinajstić information content (AvgIpc) is 2.74. The highest BCUT2D eigenvalue weighted by Gasteiger charge is 2.03. The van der Waals surface area contributed by atoms with E-state index in [1.165, 1.54) is 6.07 Å². The summed E-state index contributed by atoms with van der Waals surface area (Å²) in [6.45, 7) is 2.43. The summed E-state index contributed by atoms with van der Waals surface area (Å²) in [5, 5.41) is 13.6. The summed E-state index contributed by atoms with van der Waals surface area (Å²) >= 11 is 1.64. The van der Waals surface area contributed by atoms with Crippen LogP contribution >= 0.6 is 11.3 Å². The van der Waals surface area contributed by atoms with E-state index in [0.29, 0.717) is 12.1 Å². The number of aromatic hydroxyl groups is 1. The van der Waals surface area contributed by atoms with E-state index in [1.807, 2.05) is 25.1 Å². The molecule has 2 aromatic carbocycles. The second kappa shape index (κ2) is 5.09. The van der Waals surface area contributed by atoms with E-state index in [2.05, 4.69) is 10.3 Å². The van der Waals surface area contributed by atoms with E-state index in [1.54, 1.807) is 17.4 Å². The molecule has 0 aliphatic rings. The molecule has 0 aliphatic carbocycles. The summed E-state index contributed by atoms with van der Waals surface area (Å²) in [6, 6.07) is 9.98. The van der Waals surface area contributed by atoms with Crippen molar-refractivity contribution in [3.05, 3.63) is 52.8 Å². The van der Waals surface area contributed by atoms with Crippen molar-refractivity contribution >= 4 is 27.2 Å². The lowest BCUT2D eigenvalue weighted by Crippen LogP contribution is -1.99. The summed E-state index contributed by atoms with van der Waals surface area (Å²) in [6.07, 6.45) is 0. The van der Waals surface area contributed by atoms with Crippen LogP contribution in [0, 0.1) is 12.7 Å². The molecule has 3 rings (SSSR count). The molecule has 0 radical (unpaired) electrons. The third-order valence-electron chi connectivity index (χ3n) is 2.93. The van der Waals surface area contributed by atoms with Gasteiger partial charge in [-0.1, -0.05) is 0 Å². The minimum Gasteiger partial charge on any atom is -0.508 e. The number of aryl methyl sites for hydroxylation is 1. The van der Waals surface area contributed by atoms with Crippen molar-refractivity contribution in [2.75, 3.05) is 5.32 Å². The Kier molecular flexibility index (Phi) is 3.28. The molecule has 0 bridgehead atoms. The number of anilines is 1. The number of halogens is 1. The Morgan fingerprint density at radius 1 is 1.25 bits per heavy atom. The predicted octanol–water partition coefficient (Wildman–Crippen LogP) is 4.06. The quantitative estimate of drug-likeness (QED) is 0.764.